The highest BCUT2D eigenvalue weighted by atomic mass is 79.9. The molecule has 0 radical (unpaired) electrons. The fourth-order valence-corrected chi connectivity index (χ4v) is 4.52. The van der Waals surface area contributed by atoms with Crippen molar-refractivity contribution in [2.24, 2.45) is 0 Å². The summed E-state index contributed by atoms with van der Waals surface area (Å²) < 4.78 is 0.892. The maximum absolute atomic E-state index is 12.8. The van der Waals surface area contributed by atoms with Gasteiger partial charge >= 0.3 is 0 Å². The number of anilines is 1. The summed E-state index contributed by atoms with van der Waals surface area (Å²) in [6.45, 7) is 5.09. The van der Waals surface area contributed by atoms with Crippen LogP contribution in [0.4, 0.5) is 5.69 Å². The average Bonchev–Trinajstić information content (AvgIpc) is 2.81. The fraction of sp³-hybridized carbons (Fsp3) is 0.192. The number of carbonyl (C=O) groups excluding carboxylic acids is 3. The van der Waals surface area contributed by atoms with Gasteiger partial charge < -0.3 is 5.32 Å². The molecule has 0 aliphatic rings. The van der Waals surface area contributed by atoms with Crippen LogP contribution in [0.3, 0.4) is 0 Å². The lowest BCUT2D eigenvalue weighted by Gasteiger charge is -2.14. The van der Waals surface area contributed by atoms with Gasteiger partial charge in [-0.25, -0.2) is 4.98 Å². The zero-order valence-electron chi connectivity index (χ0n) is 18.9. The molecule has 0 spiro atoms. The first kappa shape index (κ1) is 25.3. The van der Waals surface area contributed by atoms with E-state index < -0.39 is 0 Å². The number of carbonyl (C=O) groups is 3. The normalized spacial score (nSPS) is 10.4. The minimum Gasteiger partial charge on any atom is -0.325 e. The maximum Gasteiger partial charge on any atom is 0.234 e. The third-order valence-electron chi connectivity index (χ3n) is 5.28. The number of nitrogens with one attached hydrogen (secondary N) is 1. The summed E-state index contributed by atoms with van der Waals surface area (Å²) in [7, 11) is 0. The van der Waals surface area contributed by atoms with Gasteiger partial charge in [-0.3, -0.25) is 14.4 Å². The Morgan fingerprint density at radius 2 is 1.65 bits per heavy atom. The highest BCUT2D eigenvalue weighted by molar-refractivity contribution is 9.10. The van der Waals surface area contributed by atoms with Crippen molar-refractivity contribution in [3.8, 4) is 6.07 Å². The smallest absolute Gasteiger partial charge is 0.234 e. The zero-order chi connectivity index (χ0) is 24.8. The topological polar surface area (TPSA) is 99.9 Å². The summed E-state index contributed by atoms with van der Waals surface area (Å²) in [5.74, 6) is -0.293. The molecule has 0 unspecified atom stereocenters. The Balaban J connectivity index is 1.72. The lowest BCUT2D eigenvalue weighted by molar-refractivity contribution is -0.113. The number of ketones is 2. The lowest BCUT2D eigenvalue weighted by atomic mass is 9.96. The Morgan fingerprint density at radius 1 is 1.03 bits per heavy atom. The Bertz CT molecular complexity index is 1300. The molecule has 3 aromatic rings. The summed E-state index contributed by atoms with van der Waals surface area (Å²) in [4.78, 5) is 41.1. The molecule has 0 saturated heterocycles. The quantitative estimate of drug-likeness (QED) is 0.293. The molecule has 8 heteroatoms. The first-order valence-corrected chi connectivity index (χ1v) is 12.2. The second-order valence-electron chi connectivity index (χ2n) is 7.67. The van der Waals surface area contributed by atoms with Crippen molar-refractivity contribution in [1.29, 1.82) is 5.26 Å². The molecule has 2 aromatic carbocycles. The van der Waals surface area contributed by atoms with Gasteiger partial charge in [-0.2, -0.15) is 5.26 Å². The number of nitrogens with zero attached hydrogens (tertiary/aromatic N) is 2. The van der Waals surface area contributed by atoms with Crippen molar-refractivity contribution in [2.75, 3.05) is 11.1 Å². The number of nitriles is 1. The molecule has 1 heterocycles. The van der Waals surface area contributed by atoms with E-state index in [1.54, 1.807) is 50.2 Å². The van der Waals surface area contributed by atoms with Crippen LogP contribution in [-0.4, -0.2) is 28.2 Å². The van der Waals surface area contributed by atoms with Crippen molar-refractivity contribution in [2.45, 2.75) is 32.2 Å². The molecular weight excluding hydrogens is 514 g/mol. The number of thioether (sulfide) groups is 1. The number of amides is 1. The summed E-state index contributed by atoms with van der Waals surface area (Å²) in [6, 6.07) is 16.0. The Hall–Kier alpha value is -3.28. The van der Waals surface area contributed by atoms with E-state index in [0.29, 0.717) is 38.7 Å². The molecule has 0 fully saturated rings. The van der Waals surface area contributed by atoms with E-state index in [0.717, 1.165) is 10.0 Å². The number of aromatic nitrogens is 1. The third-order valence-corrected chi connectivity index (χ3v) is 6.78. The van der Waals surface area contributed by atoms with E-state index in [-0.39, 0.29) is 29.6 Å². The summed E-state index contributed by atoms with van der Waals surface area (Å²) >= 11 is 4.53. The van der Waals surface area contributed by atoms with Crippen molar-refractivity contribution in [3.63, 3.8) is 0 Å². The predicted molar refractivity (Wildman–Crippen MR) is 136 cm³/mol. The molecule has 34 heavy (non-hydrogen) atoms. The maximum atomic E-state index is 12.8. The summed E-state index contributed by atoms with van der Waals surface area (Å²) in [5.41, 5.74) is 4.19. The molecule has 6 nitrogen and oxygen atoms in total. The van der Waals surface area contributed by atoms with Crippen LogP contribution in [0.1, 0.15) is 50.0 Å². The molecule has 1 aromatic heterocycles. The van der Waals surface area contributed by atoms with Gasteiger partial charge in [-0.1, -0.05) is 39.8 Å². The van der Waals surface area contributed by atoms with Crippen molar-refractivity contribution in [1.82, 2.24) is 4.98 Å². The van der Waals surface area contributed by atoms with E-state index in [9.17, 15) is 19.6 Å². The molecule has 1 N–H and O–H groups in total. The van der Waals surface area contributed by atoms with E-state index in [1.807, 2.05) is 12.1 Å². The number of halogens is 1. The summed E-state index contributed by atoms with van der Waals surface area (Å²) in [6.07, 6.45) is 0.142. The van der Waals surface area contributed by atoms with Crippen LogP contribution in [0, 0.1) is 25.2 Å². The lowest BCUT2D eigenvalue weighted by Crippen LogP contribution is -2.15. The van der Waals surface area contributed by atoms with Crippen molar-refractivity contribution >= 4 is 50.9 Å². The summed E-state index contributed by atoms with van der Waals surface area (Å²) in [5, 5.41) is 13.0. The van der Waals surface area contributed by atoms with Gasteiger partial charge in [0.1, 0.15) is 11.1 Å². The van der Waals surface area contributed by atoms with Crippen LogP contribution in [0.2, 0.25) is 0 Å². The number of aryl methyl sites for hydroxylation is 1. The van der Waals surface area contributed by atoms with Gasteiger partial charge in [0.2, 0.25) is 5.91 Å². The largest absolute Gasteiger partial charge is 0.325 e. The second kappa shape index (κ2) is 11.2. The zero-order valence-corrected chi connectivity index (χ0v) is 21.3. The molecule has 1 amide bonds. The molecule has 0 aliphatic carbocycles. The Morgan fingerprint density at radius 3 is 2.24 bits per heavy atom. The molecule has 0 saturated carbocycles. The first-order valence-electron chi connectivity index (χ1n) is 10.4. The van der Waals surface area contributed by atoms with Crippen LogP contribution in [-0.2, 0) is 11.2 Å². The Kier molecular flexibility index (Phi) is 8.37. The van der Waals surface area contributed by atoms with Crippen LogP contribution < -0.4 is 5.32 Å². The molecule has 0 atom stereocenters. The standard InChI is InChI=1S/C26H22BrN3O3S/c1-15-22(12-24(32)19-4-8-20(27)9-5-19)16(2)29-26(23(15)13-28)34-14-25(33)30-21-10-6-18(7-11-21)17(3)31/h4-11H,12,14H2,1-3H3,(H,30,33). The van der Waals surface area contributed by atoms with Crippen molar-refractivity contribution in [3.05, 3.63) is 86.5 Å². The van der Waals surface area contributed by atoms with Gasteiger partial charge in [0.15, 0.2) is 11.6 Å². The Labute approximate surface area is 210 Å². The average molecular weight is 536 g/mol. The van der Waals surface area contributed by atoms with Gasteiger partial charge in [0.25, 0.3) is 0 Å². The number of pyridine rings is 1. The van der Waals surface area contributed by atoms with E-state index in [1.165, 1.54) is 18.7 Å². The minimum absolute atomic E-state index is 0.0451. The van der Waals surface area contributed by atoms with Gasteiger partial charge in [0.05, 0.1) is 11.3 Å². The van der Waals surface area contributed by atoms with E-state index in [4.69, 9.17) is 0 Å². The highest BCUT2D eigenvalue weighted by Crippen LogP contribution is 2.28. The van der Waals surface area contributed by atoms with E-state index in [2.05, 4.69) is 32.3 Å². The predicted octanol–water partition coefficient (Wildman–Crippen LogP) is 5.69. The van der Waals surface area contributed by atoms with Crippen LogP contribution >= 0.6 is 27.7 Å². The second-order valence-corrected chi connectivity index (χ2v) is 9.55. The third kappa shape index (κ3) is 6.19. The van der Waals surface area contributed by atoms with Crippen LogP contribution in [0.25, 0.3) is 0 Å². The van der Waals surface area contributed by atoms with Gasteiger partial charge in [-0.05, 0) is 68.3 Å². The van der Waals surface area contributed by atoms with E-state index >= 15 is 0 Å². The monoisotopic (exact) mass is 535 g/mol. The number of Topliss-reactive ketones (excluding diaryl/α,β-unsaturated/α-hetero) is 2. The number of rotatable bonds is 8. The molecular formula is C26H22BrN3O3S. The fourth-order valence-electron chi connectivity index (χ4n) is 3.37. The van der Waals surface area contributed by atoms with Crippen LogP contribution in [0.15, 0.2) is 58.0 Å². The minimum atomic E-state index is -0.254. The molecule has 0 aliphatic heterocycles. The number of hydrogen-bond acceptors (Lipinski definition) is 6. The molecule has 3 rings (SSSR count). The van der Waals surface area contributed by atoms with Crippen LogP contribution in [0.5, 0.6) is 0 Å². The number of hydrogen-bond donors (Lipinski definition) is 1. The molecule has 172 valence electrons. The van der Waals surface area contributed by atoms with Gasteiger partial charge in [-0.15, -0.1) is 0 Å². The van der Waals surface area contributed by atoms with Crippen molar-refractivity contribution < 1.29 is 14.4 Å². The SMILES string of the molecule is CC(=O)c1ccc(NC(=O)CSc2nc(C)c(CC(=O)c3ccc(Br)cc3)c(C)c2C#N)cc1. The highest BCUT2D eigenvalue weighted by Gasteiger charge is 2.19. The molecule has 0 bridgehead atoms. The van der Waals surface area contributed by atoms with Gasteiger partial charge in [0, 0.05) is 33.4 Å². The first-order chi connectivity index (χ1) is 16.2. The number of benzene rings is 2.